The fraction of sp³-hybridized carbons (Fsp3) is 0.522. The molecule has 28 heavy (non-hydrogen) atoms. The van der Waals surface area contributed by atoms with Crippen molar-refractivity contribution in [2.45, 2.75) is 45.1 Å². The topological polar surface area (TPSA) is 49.6 Å². The Kier molecular flexibility index (Phi) is 5.59. The van der Waals surface area contributed by atoms with Gasteiger partial charge in [-0.25, -0.2) is 0 Å². The summed E-state index contributed by atoms with van der Waals surface area (Å²) in [4.78, 5) is 19.3. The van der Waals surface area contributed by atoms with Crippen molar-refractivity contribution in [2.24, 2.45) is 5.73 Å². The first-order valence-corrected chi connectivity index (χ1v) is 11.2. The third-order valence-electron chi connectivity index (χ3n) is 6.33. The van der Waals surface area contributed by atoms with Crippen molar-refractivity contribution in [3.8, 4) is 10.4 Å². The molecule has 0 radical (unpaired) electrons. The molecule has 3 heterocycles. The van der Waals surface area contributed by atoms with E-state index in [0.717, 1.165) is 23.4 Å². The van der Waals surface area contributed by atoms with Crippen LogP contribution in [0, 0.1) is 13.8 Å². The Morgan fingerprint density at radius 3 is 2.46 bits per heavy atom. The molecule has 2 N–H and O–H groups in total. The molecule has 4 rings (SSSR count). The number of hydrogen-bond acceptors (Lipinski definition) is 4. The van der Waals surface area contributed by atoms with Crippen LogP contribution < -0.4 is 5.73 Å². The van der Waals surface area contributed by atoms with Crippen LogP contribution in [0.15, 0.2) is 24.3 Å². The molecule has 1 aromatic carbocycles. The normalized spacial score (nSPS) is 21.4. The number of rotatable bonds is 3. The number of piperidine rings is 1. The third-order valence-corrected chi connectivity index (χ3v) is 7.59. The molecule has 0 bridgehead atoms. The molecule has 2 saturated heterocycles. The van der Waals surface area contributed by atoms with E-state index in [1.165, 1.54) is 47.5 Å². The third kappa shape index (κ3) is 3.88. The van der Waals surface area contributed by atoms with Crippen LogP contribution in [-0.4, -0.2) is 55.0 Å². The predicted molar refractivity (Wildman–Crippen MR) is 117 cm³/mol. The second-order valence-electron chi connectivity index (χ2n) is 8.57. The Balaban J connectivity index is 1.55. The maximum Gasteiger partial charge on any atom is 0.264 e. The van der Waals surface area contributed by atoms with Crippen LogP contribution in [-0.2, 0) is 0 Å². The minimum Gasteiger partial charge on any atom is -0.336 e. The number of benzene rings is 1. The largest absolute Gasteiger partial charge is 0.336 e. The van der Waals surface area contributed by atoms with Gasteiger partial charge in [-0.3, -0.25) is 4.79 Å². The number of nitrogens with two attached hydrogens (primary N) is 1. The van der Waals surface area contributed by atoms with Gasteiger partial charge in [-0.15, -0.1) is 11.3 Å². The van der Waals surface area contributed by atoms with Crippen LogP contribution in [0.4, 0.5) is 0 Å². The van der Waals surface area contributed by atoms with Crippen LogP contribution in [0.3, 0.4) is 0 Å². The molecule has 2 aromatic rings. The molecule has 2 aliphatic rings. The zero-order valence-electron chi connectivity index (χ0n) is 17.2. The Morgan fingerprint density at radius 2 is 1.82 bits per heavy atom. The molecular weight excluding hydrogens is 366 g/mol. The Hall–Kier alpha value is -1.69. The molecule has 4 nitrogen and oxygen atoms in total. The van der Waals surface area contributed by atoms with Gasteiger partial charge in [0.05, 0.1) is 4.88 Å². The van der Waals surface area contributed by atoms with Crippen molar-refractivity contribution < 1.29 is 4.79 Å². The average Bonchev–Trinajstić information content (AvgIpc) is 3.27. The van der Waals surface area contributed by atoms with Crippen molar-refractivity contribution in [1.29, 1.82) is 0 Å². The number of aryl methyl sites for hydroxylation is 2. The number of likely N-dealkylation sites (tertiary alicyclic amines) is 2. The van der Waals surface area contributed by atoms with Crippen LogP contribution in [0.1, 0.15) is 51.5 Å². The van der Waals surface area contributed by atoms with Gasteiger partial charge in [-0.1, -0.05) is 18.2 Å². The molecule has 0 aliphatic carbocycles. The molecule has 0 unspecified atom stereocenters. The summed E-state index contributed by atoms with van der Waals surface area (Å²) in [6, 6.07) is 9.22. The molecule has 1 atom stereocenters. The minimum absolute atomic E-state index is 0.123. The quantitative estimate of drug-likeness (QED) is 0.851. The molecule has 0 spiro atoms. The van der Waals surface area contributed by atoms with E-state index in [1.807, 2.05) is 11.8 Å². The fourth-order valence-electron chi connectivity index (χ4n) is 4.50. The standard InChI is InChI=1S/C23H31N3OS/c1-15-12-18(17-6-9-25(3)10-7-17)4-5-20(15)21-13-16(2)22(28-21)23(27)26-11-8-19(24)14-26/h4-5,12-13,17,19H,6-11,14,24H2,1-3H3/t19-/m0/s1. The Morgan fingerprint density at radius 1 is 1.07 bits per heavy atom. The summed E-state index contributed by atoms with van der Waals surface area (Å²) in [5.74, 6) is 0.813. The lowest BCUT2D eigenvalue weighted by molar-refractivity contribution is 0.0795. The van der Waals surface area contributed by atoms with Crippen molar-refractivity contribution in [1.82, 2.24) is 9.80 Å². The lowest BCUT2D eigenvalue weighted by atomic mass is 9.88. The first kappa shape index (κ1) is 19.6. The molecular formula is C23H31N3OS. The van der Waals surface area contributed by atoms with Crippen LogP contribution >= 0.6 is 11.3 Å². The highest BCUT2D eigenvalue weighted by Crippen LogP contribution is 2.36. The first-order valence-electron chi connectivity index (χ1n) is 10.4. The maximum atomic E-state index is 12.9. The smallest absolute Gasteiger partial charge is 0.264 e. The van der Waals surface area contributed by atoms with Crippen LogP contribution in [0.25, 0.3) is 10.4 Å². The summed E-state index contributed by atoms with van der Waals surface area (Å²) in [5.41, 5.74) is 11.1. The van der Waals surface area contributed by atoms with Gasteiger partial charge in [0.1, 0.15) is 0 Å². The highest BCUT2D eigenvalue weighted by Gasteiger charge is 2.27. The molecule has 1 amide bonds. The summed E-state index contributed by atoms with van der Waals surface area (Å²) in [7, 11) is 2.21. The number of hydrogen-bond donors (Lipinski definition) is 1. The summed E-state index contributed by atoms with van der Waals surface area (Å²) in [6.07, 6.45) is 3.38. The van der Waals surface area contributed by atoms with E-state index in [4.69, 9.17) is 5.73 Å². The lowest BCUT2D eigenvalue weighted by Crippen LogP contribution is -2.31. The van der Waals surface area contributed by atoms with Gasteiger partial charge >= 0.3 is 0 Å². The monoisotopic (exact) mass is 397 g/mol. The molecule has 150 valence electrons. The number of carbonyl (C=O) groups excluding carboxylic acids is 1. The van der Waals surface area contributed by atoms with E-state index < -0.39 is 0 Å². The average molecular weight is 398 g/mol. The molecule has 2 aliphatic heterocycles. The predicted octanol–water partition coefficient (Wildman–Crippen LogP) is 4.01. The summed E-state index contributed by atoms with van der Waals surface area (Å²) >= 11 is 1.63. The van der Waals surface area contributed by atoms with Crippen molar-refractivity contribution in [3.05, 3.63) is 45.8 Å². The van der Waals surface area contributed by atoms with Gasteiger partial charge in [0.2, 0.25) is 0 Å². The van der Waals surface area contributed by atoms with E-state index >= 15 is 0 Å². The minimum atomic E-state index is 0.123. The molecule has 5 heteroatoms. The zero-order valence-corrected chi connectivity index (χ0v) is 18.0. The fourth-order valence-corrected chi connectivity index (χ4v) is 5.73. The summed E-state index contributed by atoms with van der Waals surface area (Å²) < 4.78 is 0. The van der Waals surface area contributed by atoms with Gasteiger partial charge in [0, 0.05) is 24.0 Å². The van der Waals surface area contributed by atoms with Crippen LogP contribution in [0.2, 0.25) is 0 Å². The highest BCUT2D eigenvalue weighted by molar-refractivity contribution is 7.17. The number of amides is 1. The van der Waals surface area contributed by atoms with Gasteiger partial charge < -0.3 is 15.5 Å². The van der Waals surface area contributed by atoms with E-state index in [2.05, 4.69) is 43.1 Å². The van der Waals surface area contributed by atoms with Gasteiger partial charge in [0.25, 0.3) is 5.91 Å². The number of thiophene rings is 1. The van der Waals surface area contributed by atoms with E-state index in [9.17, 15) is 4.79 Å². The zero-order chi connectivity index (χ0) is 19.8. The molecule has 0 saturated carbocycles. The van der Waals surface area contributed by atoms with Gasteiger partial charge in [-0.2, -0.15) is 0 Å². The van der Waals surface area contributed by atoms with Crippen molar-refractivity contribution in [2.75, 3.05) is 33.2 Å². The van der Waals surface area contributed by atoms with E-state index in [0.29, 0.717) is 12.5 Å². The maximum absolute atomic E-state index is 12.9. The second kappa shape index (κ2) is 7.97. The van der Waals surface area contributed by atoms with Gasteiger partial charge in [0.15, 0.2) is 0 Å². The number of nitrogens with zero attached hydrogens (tertiary/aromatic N) is 2. The Labute approximate surface area is 172 Å². The lowest BCUT2D eigenvalue weighted by Gasteiger charge is -2.29. The van der Waals surface area contributed by atoms with Crippen molar-refractivity contribution >= 4 is 17.2 Å². The van der Waals surface area contributed by atoms with Crippen molar-refractivity contribution in [3.63, 3.8) is 0 Å². The SMILES string of the molecule is Cc1cc(C2CCN(C)CC2)ccc1-c1cc(C)c(C(=O)N2CC[C@H](N)C2)s1. The highest BCUT2D eigenvalue weighted by atomic mass is 32.1. The second-order valence-corrected chi connectivity index (χ2v) is 9.63. The molecule has 1 aromatic heterocycles. The first-order chi connectivity index (χ1) is 13.4. The summed E-state index contributed by atoms with van der Waals surface area (Å²) in [6.45, 7) is 8.06. The van der Waals surface area contributed by atoms with Gasteiger partial charge in [-0.05, 0) is 87.5 Å². The summed E-state index contributed by atoms with van der Waals surface area (Å²) in [5, 5.41) is 0. The van der Waals surface area contributed by atoms with E-state index in [-0.39, 0.29) is 11.9 Å². The number of carbonyl (C=O) groups is 1. The Bertz CT molecular complexity index is 867. The van der Waals surface area contributed by atoms with Crippen LogP contribution in [0.5, 0.6) is 0 Å². The van der Waals surface area contributed by atoms with E-state index in [1.54, 1.807) is 11.3 Å². The molecule has 2 fully saturated rings.